The van der Waals surface area contributed by atoms with Gasteiger partial charge in [-0.05, 0) is 23.3 Å². The maximum atomic E-state index is 13.1. The third-order valence-electron chi connectivity index (χ3n) is 4.43. The lowest BCUT2D eigenvalue weighted by molar-refractivity contribution is 0.0939. The molecule has 4 rings (SSSR count). The molecule has 1 N–H and O–H groups in total. The minimum absolute atomic E-state index is 0.0164. The molecule has 3 aromatic carbocycles. The third-order valence-corrected chi connectivity index (χ3v) is 4.43. The van der Waals surface area contributed by atoms with Crippen LogP contribution in [-0.4, -0.2) is 21.7 Å². The van der Waals surface area contributed by atoms with Gasteiger partial charge in [0.05, 0.1) is 23.7 Å². The topological polar surface area (TPSA) is 76.3 Å². The number of para-hydroxylation sites is 1. The van der Waals surface area contributed by atoms with Crippen LogP contribution in [0.1, 0.15) is 21.7 Å². The molecule has 4 aromatic rings. The van der Waals surface area contributed by atoms with Gasteiger partial charge in [0.2, 0.25) is 5.82 Å². The second-order valence-corrected chi connectivity index (χ2v) is 6.44. The summed E-state index contributed by atoms with van der Waals surface area (Å²) in [7, 11) is 0. The number of nitrogens with one attached hydrogen (secondary N) is 1. The van der Waals surface area contributed by atoms with Crippen LogP contribution < -0.4 is 11.0 Å². The first kappa shape index (κ1) is 18.3. The van der Waals surface area contributed by atoms with Gasteiger partial charge < -0.3 is 0 Å². The van der Waals surface area contributed by atoms with Gasteiger partial charge in [0, 0.05) is 0 Å². The Kier molecular flexibility index (Phi) is 5.25. The maximum Gasteiger partial charge on any atom is 0.307 e. The molecule has 0 saturated heterocycles. The van der Waals surface area contributed by atoms with Crippen LogP contribution in [0.3, 0.4) is 0 Å². The van der Waals surface area contributed by atoms with Crippen LogP contribution in [0.2, 0.25) is 0 Å². The molecule has 6 nitrogen and oxygen atoms in total. The molecule has 1 heterocycles. The molecular weight excluding hydrogens is 364 g/mol. The summed E-state index contributed by atoms with van der Waals surface area (Å²) in [5.41, 5.74) is 4.42. The number of carbonyl (C=O) groups excluding carboxylic acids is 1. The molecular formula is C23H18N4O2. The third kappa shape index (κ3) is 4.11. The van der Waals surface area contributed by atoms with E-state index in [1.165, 1.54) is 4.57 Å². The number of nitrogens with zero attached hydrogens (tertiary/aromatic N) is 3. The highest BCUT2D eigenvalue weighted by molar-refractivity contribution is 5.93. The number of hydrazone groups is 1. The molecule has 0 bridgehead atoms. The van der Waals surface area contributed by atoms with E-state index in [0.717, 1.165) is 11.1 Å². The Bertz CT molecular complexity index is 1230. The van der Waals surface area contributed by atoms with Crippen molar-refractivity contribution < 1.29 is 4.79 Å². The summed E-state index contributed by atoms with van der Waals surface area (Å²) >= 11 is 0. The Labute approximate surface area is 167 Å². The standard InChI is InChI=1S/C23H18N4O2/c28-22(26-24-15-17-9-3-1-4-10-17)21-25-20-14-8-7-13-19(20)23(29)27(21)16-18-11-5-2-6-12-18/h1-15H,16H2,(H,26,28)/b24-15-. The Balaban J connectivity index is 1.71. The van der Waals surface area contributed by atoms with E-state index in [9.17, 15) is 9.59 Å². The first-order valence-electron chi connectivity index (χ1n) is 9.14. The van der Waals surface area contributed by atoms with Crippen molar-refractivity contribution in [1.29, 1.82) is 0 Å². The second kappa shape index (κ2) is 8.31. The van der Waals surface area contributed by atoms with Gasteiger partial charge in [0.25, 0.3) is 5.56 Å². The molecule has 1 amide bonds. The largest absolute Gasteiger partial charge is 0.307 e. The molecule has 0 fully saturated rings. The molecule has 0 unspecified atom stereocenters. The number of benzene rings is 3. The van der Waals surface area contributed by atoms with Crippen molar-refractivity contribution in [3.05, 3.63) is 112 Å². The summed E-state index contributed by atoms with van der Waals surface area (Å²) in [4.78, 5) is 30.3. The zero-order valence-electron chi connectivity index (χ0n) is 15.5. The molecule has 6 heteroatoms. The van der Waals surface area contributed by atoms with E-state index in [2.05, 4.69) is 15.5 Å². The quantitative estimate of drug-likeness (QED) is 0.425. The van der Waals surface area contributed by atoms with Gasteiger partial charge in [-0.15, -0.1) is 0 Å². The molecule has 0 saturated carbocycles. The van der Waals surface area contributed by atoms with Crippen LogP contribution in [0.15, 0.2) is 94.8 Å². The number of hydrogen-bond acceptors (Lipinski definition) is 4. The lowest BCUT2D eigenvalue weighted by atomic mass is 10.2. The first-order chi connectivity index (χ1) is 14.2. The fraction of sp³-hybridized carbons (Fsp3) is 0.0435. The Morgan fingerprint density at radius 2 is 1.59 bits per heavy atom. The highest BCUT2D eigenvalue weighted by atomic mass is 16.2. The number of aromatic nitrogens is 2. The van der Waals surface area contributed by atoms with E-state index in [4.69, 9.17) is 0 Å². The van der Waals surface area contributed by atoms with Crippen LogP contribution in [0.25, 0.3) is 10.9 Å². The summed E-state index contributed by atoms with van der Waals surface area (Å²) < 4.78 is 1.38. The van der Waals surface area contributed by atoms with E-state index < -0.39 is 5.91 Å². The average molecular weight is 382 g/mol. The SMILES string of the molecule is O=C(N/N=C\c1ccccc1)c1nc2ccccc2c(=O)n1Cc1ccccc1. The Morgan fingerprint density at radius 1 is 0.931 bits per heavy atom. The molecule has 0 aliphatic heterocycles. The number of amides is 1. The van der Waals surface area contributed by atoms with Crippen LogP contribution >= 0.6 is 0 Å². The normalized spacial score (nSPS) is 11.0. The number of hydrogen-bond donors (Lipinski definition) is 1. The van der Waals surface area contributed by atoms with Gasteiger partial charge in [-0.2, -0.15) is 5.10 Å². The van der Waals surface area contributed by atoms with Crippen LogP contribution in [0, 0.1) is 0 Å². The summed E-state index contributed by atoms with van der Waals surface area (Å²) in [5, 5.41) is 4.46. The summed E-state index contributed by atoms with van der Waals surface area (Å²) in [6.45, 7) is 0.239. The summed E-state index contributed by atoms with van der Waals surface area (Å²) in [6.07, 6.45) is 1.54. The van der Waals surface area contributed by atoms with Crippen molar-refractivity contribution in [3.63, 3.8) is 0 Å². The van der Waals surface area contributed by atoms with E-state index in [1.807, 2.05) is 60.7 Å². The van der Waals surface area contributed by atoms with E-state index in [1.54, 1.807) is 30.5 Å². The van der Waals surface area contributed by atoms with E-state index in [0.29, 0.717) is 10.9 Å². The zero-order chi connectivity index (χ0) is 20.1. The highest BCUT2D eigenvalue weighted by Crippen LogP contribution is 2.10. The fourth-order valence-electron chi connectivity index (χ4n) is 3.01. The monoisotopic (exact) mass is 382 g/mol. The van der Waals surface area contributed by atoms with Crippen molar-refractivity contribution in [1.82, 2.24) is 15.0 Å². The van der Waals surface area contributed by atoms with E-state index in [-0.39, 0.29) is 17.9 Å². The fourth-order valence-corrected chi connectivity index (χ4v) is 3.01. The number of fused-ring (bicyclic) bond motifs is 1. The lowest BCUT2D eigenvalue weighted by Gasteiger charge is -2.12. The summed E-state index contributed by atoms with van der Waals surface area (Å²) in [6, 6.07) is 25.9. The molecule has 0 spiro atoms. The Hall–Kier alpha value is -4.06. The summed E-state index contributed by atoms with van der Waals surface area (Å²) in [5.74, 6) is -0.529. The minimum Gasteiger partial charge on any atom is -0.283 e. The predicted octanol–water partition coefficient (Wildman–Crippen LogP) is 3.21. The van der Waals surface area contributed by atoms with Crippen molar-refractivity contribution in [2.24, 2.45) is 5.10 Å². The average Bonchev–Trinajstić information content (AvgIpc) is 2.77. The van der Waals surface area contributed by atoms with Crippen LogP contribution in [-0.2, 0) is 6.54 Å². The van der Waals surface area contributed by atoms with Gasteiger partial charge in [-0.1, -0.05) is 72.8 Å². The maximum absolute atomic E-state index is 13.1. The van der Waals surface area contributed by atoms with Crippen LogP contribution in [0.5, 0.6) is 0 Å². The number of rotatable bonds is 5. The highest BCUT2D eigenvalue weighted by Gasteiger charge is 2.17. The number of carbonyl (C=O) groups is 1. The lowest BCUT2D eigenvalue weighted by Crippen LogP contribution is -2.32. The molecule has 0 aliphatic carbocycles. The minimum atomic E-state index is -0.545. The van der Waals surface area contributed by atoms with Gasteiger partial charge >= 0.3 is 5.91 Å². The molecule has 1 aromatic heterocycles. The van der Waals surface area contributed by atoms with Gasteiger partial charge in [-0.25, -0.2) is 10.4 Å². The predicted molar refractivity (Wildman–Crippen MR) is 113 cm³/mol. The molecule has 29 heavy (non-hydrogen) atoms. The smallest absolute Gasteiger partial charge is 0.283 e. The molecule has 0 atom stereocenters. The Morgan fingerprint density at radius 3 is 2.34 bits per heavy atom. The first-order valence-corrected chi connectivity index (χ1v) is 9.14. The van der Waals surface area contributed by atoms with Crippen LogP contribution in [0.4, 0.5) is 0 Å². The van der Waals surface area contributed by atoms with Gasteiger partial charge in [0.15, 0.2) is 0 Å². The van der Waals surface area contributed by atoms with E-state index >= 15 is 0 Å². The second-order valence-electron chi connectivity index (χ2n) is 6.44. The van der Waals surface area contributed by atoms with Crippen molar-refractivity contribution in [2.45, 2.75) is 6.54 Å². The molecule has 0 aliphatic rings. The zero-order valence-corrected chi connectivity index (χ0v) is 15.5. The molecule has 142 valence electrons. The van der Waals surface area contributed by atoms with Crippen molar-refractivity contribution in [3.8, 4) is 0 Å². The van der Waals surface area contributed by atoms with Crippen molar-refractivity contribution in [2.75, 3.05) is 0 Å². The van der Waals surface area contributed by atoms with Crippen molar-refractivity contribution >= 4 is 23.0 Å². The van der Waals surface area contributed by atoms with Gasteiger partial charge in [-0.3, -0.25) is 14.2 Å². The molecule has 0 radical (unpaired) electrons. The van der Waals surface area contributed by atoms with Gasteiger partial charge in [0.1, 0.15) is 0 Å².